The molecule has 0 aliphatic heterocycles. The quantitative estimate of drug-likeness (QED) is 0.775. The van der Waals surface area contributed by atoms with Crippen molar-refractivity contribution in [1.82, 2.24) is 4.98 Å². The van der Waals surface area contributed by atoms with Gasteiger partial charge in [0.15, 0.2) is 0 Å². The van der Waals surface area contributed by atoms with E-state index in [1.807, 2.05) is 12.3 Å². The van der Waals surface area contributed by atoms with Gasteiger partial charge in [-0.15, -0.1) is 0 Å². The number of nitrogens with one attached hydrogen (secondary N) is 1. The Morgan fingerprint density at radius 1 is 1.50 bits per heavy atom. The Bertz CT molecular complexity index is 331. The van der Waals surface area contributed by atoms with Crippen LogP contribution in [0, 0.1) is 12.3 Å². The molecule has 1 unspecified atom stereocenters. The molecule has 0 aromatic carbocycles. The van der Waals surface area contributed by atoms with E-state index in [0.717, 1.165) is 5.82 Å². The predicted octanol–water partition coefficient (Wildman–Crippen LogP) is 2.99. The fourth-order valence-electron chi connectivity index (χ4n) is 1.94. The molecule has 1 aliphatic carbocycles. The highest BCUT2D eigenvalue weighted by atomic mass is 15.0. The number of hydrogen-bond acceptors (Lipinski definition) is 2. The third kappa shape index (κ3) is 1.61. The van der Waals surface area contributed by atoms with E-state index in [-0.39, 0.29) is 0 Å². The molecule has 1 saturated carbocycles. The lowest BCUT2D eigenvalue weighted by molar-refractivity contribution is 0.159. The zero-order valence-corrected chi connectivity index (χ0v) is 9.17. The van der Waals surface area contributed by atoms with Crippen LogP contribution < -0.4 is 5.32 Å². The summed E-state index contributed by atoms with van der Waals surface area (Å²) in [6.45, 7) is 6.72. The molecule has 1 N–H and O–H groups in total. The van der Waals surface area contributed by atoms with Gasteiger partial charge in [-0.3, -0.25) is 0 Å². The van der Waals surface area contributed by atoms with Crippen LogP contribution in [0.15, 0.2) is 18.3 Å². The van der Waals surface area contributed by atoms with Gasteiger partial charge < -0.3 is 5.32 Å². The van der Waals surface area contributed by atoms with Gasteiger partial charge in [0, 0.05) is 12.2 Å². The summed E-state index contributed by atoms with van der Waals surface area (Å²) in [4.78, 5) is 4.35. The second kappa shape index (κ2) is 3.26. The van der Waals surface area contributed by atoms with E-state index in [4.69, 9.17) is 0 Å². The maximum absolute atomic E-state index is 4.35. The van der Waals surface area contributed by atoms with Crippen LogP contribution in [0.1, 0.15) is 32.3 Å². The van der Waals surface area contributed by atoms with Gasteiger partial charge in [0.25, 0.3) is 0 Å². The molecule has 14 heavy (non-hydrogen) atoms. The normalized spacial score (nSPS) is 24.1. The smallest absolute Gasteiger partial charge is 0.129 e. The molecule has 0 bridgehead atoms. The number of rotatable bonds is 2. The summed E-state index contributed by atoms with van der Waals surface area (Å²) in [5.74, 6) is 1.05. The van der Waals surface area contributed by atoms with Crippen LogP contribution in [0.3, 0.4) is 0 Å². The van der Waals surface area contributed by atoms with Gasteiger partial charge in [0.1, 0.15) is 5.82 Å². The van der Waals surface area contributed by atoms with Crippen LogP contribution >= 0.6 is 0 Å². The molecule has 2 heteroatoms. The molecule has 1 fully saturated rings. The Morgan fingerprint density at radius 2 is 2.29 bits per heavy atom. The molecule has 76 valence electrons. The summed E-state index contributed by atoms with van der Waals surface area (Å²) in [7, 11) is 0. The van der Waals surface area contributed by atoms with Gasteiger partial charge in [-0.1, -0.05) is 19.9 Å². The summed E-state index contributed by atoms with van der Waals surface area (Å²) >= 11 is 0. The molecular weight excluding hydrogens is 172 g/mol. The molecular formula is C12H18N2. The van der Waals surface area contributed by atoms with Crippen molar-refractivity contribution < 1.29 is 0 Å². The number of pyridine rings is 1. The Hall–Kier alpha value is -1.05. The number of aromatic nitrogens is 1. The minimum atomic E-state index is 0.434. The number of hydrogen-bond donors (Lipinski definition) is 1. The third-order valence-electron chi connectivity index (χ3n) is 3.34. The average Bonchev–Trinajstić information content (AvgIpc) is 2.15. The molecule has 2 rings (SSSR count). The summed E-state index contributed by atoms with van der Waals surface area (Å²) in [6.07, 6.45) is 4.43. The van der Waals surface area contributed by atoms with Crippen molar-refractivity contribution in [2.75, 3.05) is 5.32 Å². The first-order chi connectivity index (χ1) is 6.59. The molecule has 2 nitrogen and oxygen atoms in total. The molecule has 1 heterocycles. The first kappa shape index (κ1) is 9.50. The minimum absolute atomic E-state index is 0.434. The highest BCUT2D eigenvalue weighted by molar-refractivity contribution is 5.44. The van der Waals surface area contributed by atoms with E-state index >= 15 is 0 Å². The summed E-state index contributed by atoms with van der Waals surface area (Å²) in [5.41, 5.74) is 1.67. The molecule has 1 aromatic heterocycles. The van der Waals surface area contributed by atoms with Crippen molar-refractivity contribution in [3.63, 3.8) is 0 Å². The molecule has 0 radical (unpaired) electrons. The number of aryl methyl sites for hydroxylation is 1. The molecule has 0 amide bonds. The molecule has 1 atom stereocenters. The van der Waals surface area contributed by atoms with Gasteiger partial charge in [0.2, 0.25) is 0 Å². The van der Waals surface area contributed by atoms with Crippen molar-refractivity contribution in [2.24, 2.45) is 5.41 Å². The van der Waals surface area contributed by atoms with E-state index in [9.17, 15) is 0 Å². The second-order valence-electron chi connectivity index (χ2n) is 4.89. The summed E-state index contributed by atoms with van der Waals surface area (Å²) in [6, 6.07) is 4.67. The van der Waals surface area contributed by atoms with Crippen molar-refractivity contribution >= 4 is 5.82 Å². The largest absolute Gasteiger partial charge is 0.367 e. The number of anilines is 1. The van der Waals surface area contributed by atoms with Gasteiger partial charge >= 0.3 is 0 Å². The van der Waals surface area contributed by atoms with Crippen molar-refractivity contribution in [3.8, 4) is 0 Å². The lowest BCUT2D eigenvalue weighted by Crippen LogP contribution is -2.45. The monoisotopic (exact) mass is 190 g/mol. The van der Waals surface area contributed by atoms with Gasteiger partial charge in [-0.2, -0.15) is 0 Å². The topological polar surface area (TPSA) is 24.9 Å². The lowest BCUT2D eigenvalue weighted by atomic mass is 9.67. The number of nitrogens with zero attached hydrogens (tertiary/aromatic N) is 1. The highest BCUT2D eigenvalue weighted by Gasteiger charge is 2.38. The Morgan fingerprint density at radius 3 is 2.79 bits per heavy atom. The summed E-state index contributed by atoms with van der Waals surface area (Å²) in [5, 5.41) is 3.53. The van der Waals surface area contributed by atoms with Crippen LogP contribution in [0.2, 0.25) is 0 Å². The van der Waals surface area contributed by atoms with Gasteiger partial charge in [-0.25, -0.2) is 4.98 Å². The van der Waals surface area contributed by atoms with Crippen LogP contribution in [0.4, 0.5) is 5.82 Å². The fourth-order valence-corrected chi connectivity index (χ4v) is 1.94. The summed E-state index contributed by atoms with van der Waals surface area (Å²) < 4.78 is 0. The maximum Gasteiger partial charge on any atom is 0.129 e. The molecule has 0 spiro atoms. The van der Waals surface area contributed by atoms with E-state index in [1.165, 1.54) is 18.4 Å². The third-order valence-corrected chi connectivity index (χ3v) is 3.34. The molecule has 0 saturated heterocycles. The first-order valence-corrected chi connectivity index (χ1v) is 5.28. The molecule has 1 aromatic rings. The highest BCUT2D eigenvalue weighted by Crippen LogP contribution is 2.41. The minimum Gasteiger partial charge on any atom is -0.367 e. The van der Waals surface area contributed by atoms with Crippen molar-refractivity contribution in [1.29, 1.82) is 0 Å². The van der Waals surface area contributed by atoms with Crippen LogP contribution in [0.5, 0.6) is 0 Å². The van der Waals surface area contributed by atoms with E-state index in [2.05, 4.69) is 37.1 Å². The Kier molecular flexibility index (Phi) is 2.22. The first-order valence-electron chi connectivity index (χ1n) is 5.28. The van der Waals surface area contributed by atoms with Gasteiger partial charge in [-0.05, 0) is 36.8 Å². The Labute approximate surface area is 85.7 Å². The Balaban J connectivity index is 2.08. The van der Waals surface area contributed by atoms with E-state index in [0.29, 0.717) is 11.5 Å². The van der Waals surface area contributed by atoms with E-state index < -0.39 is 0 Å². The standard InChI is InChI=1S/C12H18N2/c1-9-5-4-8-13-11(9)14-10-6-7-12(10,2)3/h4-5,8,10H,6-7H2,1-3H3,(H,13,14). The van der Waals surface area contributed by atoms with Crippen molar-refractivity contribution in [2.45, 2.75) is 39.7 Å². The zero-order chi connectivity index (χ0) is 10.2. The average molecular weight is 190 g/mol. The van der Waals surface area contributed by atoms with Crippen LogP contribution in [-0.4, -0.2) is 11.0 Å². The zero-order valence-electron chi connectivity index (χ0n) is 9.17. The van der Waals surface area contributed by atoms with Gasteiger partial charge in [0.05, 0.1) is 0 Å². The van der Waals surface area contributed by atoms with Crippen LogP contribution in [0.25, 0.3) is 0 Å². The molecule has 1 aliphatic rings. The lowest BCUT2D eigenvalue weighted by Gasteiger charge is -2.45. The van der Waals surface area contributed by atoms with Crippen molar-refractivity contribution in [3.05, 3.63) is 23.9 Å². The predicted molar refractivity (Wildman–Crippen MR) is 59.4 cm³/mol. The maximum atomic E-state index is 4.35. The second-order valence-corrected chi connectivity index (χ2v) is 4.89. The fraction of sp³-hybridized carbons (Fsp3) is 0.583. The van der Waals surface area contributed by atoms with Crippen LogP contribution in [-0.2, 0) is 0 Å². The SMILES string of the molecule is Cc1cccnc1NC1CCC1(C)C. The van der Waals surface area contributed by atoms with E-state index in [1.54, 1.807) is 0 Å².